The van der Waals surface area contributed by atoms with E-state index in [2.05, 4.69) is 96.2 Å². The number of aryl methyl sites for hydroxylation is 2. The zero-order chi connectivity index (χ0) is 21.0. The van der Waals surface area contributed by atoms with Gasteiger partial charge in [-0.1, -0.05) is 96.2 Å². The summed E-state index contributed by atoms with van der Waals surface area (Å²) in [4.78, 5) is 0. The minimum atomic E-state index is 0.797. The first-order valence-electron chi connectivity index (χ1n) is 11.2. The first-order valence-corrected chi connectivity index (χ1v) is 11.2. The van der Waals surface area contributed by atoms with Crippen LogP contribution < -0.4 is 0 Å². The summed E-state index contributed by atoms with van der Waals surface area (Å²) in [6, 6.07) is 28.2. The van der Waals surface area contributed by atoms with Crippen LogP contribution in [0.1, 0.15) is 47.6 Å². The normalized spacial score (nSPS) is 13.7. The van der Waals surface area contributed by atoms with Gasteiger partial charge < -0.3 is 4.52 Å². The summed E-state index contributed by atoms with van der Waals surface area (Å²) in [7, 11) is 0. The van der Waals surface area contributed by atoms with Crippen LogP contribution >= 0.6 is 0 Å². The Labute approximate surface area is 184 Å². The molecule has 3 aromatic carbocycles. The molecule has 0 aliphatic heterocycles. The molecule has 1 heterocycles. The molecule has 2 heteroatoms. The lowest BCUT2D eigenvalue weighted by molar-refractivity contribution is 0.427. The summed E-state index contributed by atoms with van der Waals surface area (Å²) >= 11 is 0. The molecule has 1 aliphatic carbocycles. The SMILES string of the molecule is Cc1noc(-c2ccc(-c3ccc(C4CC4)cc3)cc2)c1/C=C\CCc1ccccc1. The van der Waals surface area contributed by atoms with E-state index >= 15 is 0 Å². The summed E-state index contributed by atoms with van der Waals surface area (Å²) < 4.78 is 5.69. The molecular weight excluding hydrogens is 378 g/mol. The van der Waals surface area contributed by atoms with Crippen molar-refractivity contribution in [3.8, 4) is 22.5 Å². The van der Waals surface area contributed by atoms with E-state index in [1.807, 2.05) is 6.92 Å². The highest BCUT2D eigenvalue weighted by molar-refractivity contribution is 5.74. The molecule has 1 aliphatic rings. The Balaban J connectivity index is 1.30. The minimum Gasteiger partial charge on any atom is -0.355 e. The van der Waals surface area contributed by atoms with Crippen molar-refractivity contribution in [1.82, 2.24) is 5.16 Å². The molecule has 0 unspecified atom stereocenters. The molecule has 2 nitrogen and oxygen atoms in total. The number of allylic oxidation sites excluding steroid dienone is 1. The molecule has 4 aromatic rings. The predicted molar refractivity (Wildman–Crippen MR) is 128 cm³/mol. The van der Waals surface area contributed by atoms with Gasteiger partial charge in [0.25, 0.3) is 0 Å². The van der Waals surface area contributed by atoms with Crippen LogP contribution in [0.25, 0.3) is 28.5 Å². The van der Waals surface area contributed by atoms with Gasteiger partial charge in [-0.25, -0.2) is 0 Å². The van der Waals surface area contributed by atoms with E-state index in [4.69, 9.17) is 4.52 Å². The number of aromatic nitrogens is 1. The second kappa shape index (κ2) is 8.77. The van der Waals surface area contributed by atoms with E-state index in [1.165, 1.54) is 35.1 Å². The van der Waals surface area contributed by atoms with Gasteiger partial charge in [0, 0.05) is 11.1 Å². The summed E-state index contributed by atoms with van der Waals surface area (Å²) in [5.41, 5.74) is 8.35. The summed E-state index contributed by atoms with van der Waals surface area (Å²) in [6.45, 7) is 2.00. The lowest BCUT2D eigenvalue weighted by atomic mass is 9.99. The summed E-state index contributed by atoms with van der Waals surface area (Å²) in [5.74, 6) is 1.63. The van der Waals surface area contributed by atoms with E-state index in [-0.39, 0.29) is 0 Å². The highest BCUT2D eigenvalue weighted by atomic mass is 16.5. The molecule has 1 fully saturated rings. The van der Waals surface area contributed by atoms with Gasteiger partial charge >= 0.3 is 0 Å². The Kier molecular flexibility index (Phi) is 5.54. The van der Waals surface area contributed by atoms with Crippen molar-refractivity contribution in [3.05, 3.63) is 107 Å². The number of rotatable bonds is 7. The van der Waals surface area contributed by atoms with Crippen molar-refractivity contribution in [2.45, 2.75) is 38.5 Å². The third kappa shape index (κ3) is 4.54. The van der Waals surface area contributed by atoms with E-state index in [0.29, 0.717) is 0 Å². The van der Waals surface area contributed by atoms with Crippen molar-refractivity contribution in [2.75, 3.05) is 0 Å². The first kappa shape index (κ1) is 19.6. The second-order valence-corrected chi connectivity index (χ2v) is 8.41. The predicted octanol–water partition coefficient (Wildman–Crippen LogP) is 7.84. The Morgan fingerprint density at radius 1 is 0.839 bits per heavy atom. The Morgan fingerprint density at radius 3 is 2.16 bits per heavy atom. The molecule has 0 N–H and O–H groups in total. The topological polar surface area (TPSA) is 26.0 Å². The van der Waals surface area contributed by atoms with Gasteiger partial charge in [-0.2, -0.15) is 0 Å². The molecule has 0 amide bonds. The van der Waals surface area contributed by atoms with E-state index in [0.717, 1.165) is 41.3 Å². The number of nitrogens with zero attached hydrogens (tertiary/aromatic N) is 1. The zero-order valence-electron chi connectivity index (χ0n) is 17.9. The molecular formula is C29H27NO. The first-order chi connectivity index (χ1) is 15.3. The molecule has 1 saturated carbocycles. The van der Waals surface area contributed by atoms with Crippen LogP contribution in [0.3, 0.4) is 0 Å². The van der Waals surface area contributed by atoms with Gasteiger partial charge in [-0.3, -0.25) is 0 Å². The third-order valence-corrected chi connectivity index (χ3v) is 6.08. The molecule has 0 spiro atoms. The second-order valence-electron chi connectivity index (χ2n) is 8.41. The van der Waals surface area contributed by atoms with Crippen LogP contribution in [0.4, 0.5) is 0 Å². The van der Waals surface area contributed by atoms with Crippen molar-refractivity contribution in [3.63, 3.8) is 0 Å². The molecule has 1 aromatic heterocycles. The maximum absolute atomic E-state index is 5.69. The summed E-state index contributed by atoms with van der Waals surface area (Å²) in [5, 5.41) is 4.22. The zero-order valence-corrected chi connectivity index (χ0v) is 17.9. The monoisotopic (exact) mass is 405 g/mol. The highest BCUT2D eigenvalue weighted by Crippen LogP contribution is 2.40. The molecule has 5 rings (SSSR count). The molecule has 154 valence electrons. The van der Waals surface area contributed by atoms with Crippen molar-refractivity contribution in [2.24, 2.45) is 0 Å². The lowest BCUT2D eigenvalue weighted by Crippen LogP contribution is -1.84. The third-order valence-electron chi connectivity index (χ3n) is 6.08. The fourth-order valence-corrected chi connectivity index (χ4v) is 4.06. The molecule has 31 heavy (non-hydrogen) atoms. The average molecular weight is 406 g/mol. The smallest absolute Gasteiger partial charge is 0.174 e. The number of hydrogen-bond donors (Lipinski definition) is 0. The van der Waals surface area contributed by atoms with Crippen molar-refractivity contribution >= 4 is 6.08 Å². The highest BCUT2D eigenvalue weighted by Gasteiger charge is 2.23. The van der Waals surface area contributed by atoms with Gasteiger partial charge in [0.2, 0.25) is 0 Å². The molecule has 0 atom stereocenters. The standard InChI is InChI=1S/C29H27NO/c1-21-28(10-6-5-9-22-7-3-2-4-8-22)29(31-30-21)27-19-17-26(18-20-27)25-15-13-24(14-16-25)23-11-12-23/h2-4,6-8,10,13-20,23H,5,9,11-12H2,1H3/b10-6-. The lowest BCUT2D eigenvalue weighted by Gasteiger charge is -2.05. The van der Waals surface area contributed by atoms with E-state index in [9.17, 15) is 0 Å². The maximum Gasteiger partial charge on any atom is 0.174 e. The summed E-state index contributed by atoms with van der Waals surface area (Å²) in [6.07, 6.45) is 9.07. The van der Waals surface area contributed by atoms with Crippen LogP contribution in [0, 0.1) is 6.92 Å². The maximum atomic E-state index is 5.69. The van der Waals surface area contributed by atoms with E-state index < -0.39 is 0 Å². The van der Waals surface area contributed by atoms with Crippen LogP contribution in [-0.2, 0) is 6.42 Å². The quantitative estimate of drug-likeness (QED) is 0.313. The van der Waals surface area contributed by atoms with E-state index in [1.54, 1.807) is 0 Å². The minimum absolute atomic E-state index is 0.797. The van der Waals surface area contributed by atoms with Crippen molar-refractivity contribution < 1.29 is 4.52 Å². The van der Waals surface area contributed by atoms with Crippen LogP contribution in [0.15, 0.2) is 89.5 Å². The molecule has 0 saturated heterocycles. The average Bonchev–Trinajstić information content (AvgIpc) is 3.61. The fraction of sp³-hybridized carbons (Fsp3) is 0.207. The Morgan fingerprint density at radius 2 is 1.48 bits per heavy atom. The van der Waals surface area contributed by atoms with Gasteiger partial charge in [-0.05, 0) is 60.8 Å². The Hall–Kier alpha value is -3.39. The largest absolute Gasteiger partial charge is 0.355 e. The fourth-order valence-electron chi connectivity index (χ4n) is 4.06. The van der Waals surface area contributed by atoms with Gasteiger partial charge in [0.1, 0.15) is 0 Å². The van der Waals surface area contributed by atoms with Gasteiger partial charge in [0.15, 0.2) is 5.76 Å². The number of benzene rings is 3. The number of hydrogen-bond acceptors (Lipinski definition) is 2. The van der Waals surface area contributed by atoms with Crippen LogP contribution in [0.5, 0.6) is 0 Å². The molecule has 0 radical (unpaired) electrons. The van der Waals surface area contributed by atoms with Crippen LogP contribution in [0.2, 0.25) is 0 Å². The molecule has 0 bridgehead atoms. The Bertz CT molecular complexity index is 1160. The van der Waals surface area contributed by atoms with Gasteiger partial charge in [-0.15, -0.1) is 0 Å². The van der Waals surface area contributed by atoms with Gasteiger partial charge in [0.05, 0.1) is 5.69 Å². The van der Waals surface area contributed by atoms with Crippen LogP contribution in [-0.4, -0.2) is 5.16 Å². The van der Waals surface area contributed by atoms with Crippen molar-refractivity contribution in [1.29, 1.82) is 0 Å².